The average Bonchev–Trinajstić information content (AvgIpc) is 2.84. The van der Waals surface area contributed by atoms with E-state index in [4.69, 9.17) is 25.8 Å². The number of nitrogens with zero attached hydrogens (tertiary/aromatic N) is 2. The highest BCUT2D eigenvalue weighted by molar-refractivity contribution is 6.32. The van der Waals surface area contributed by atoms with Crippen LogP contribution in [0, 0.1) is 5.82 Å². The van der Waals surface area contributed by atoms with E-state index in [1.54, 1.807) is 36.4 Å². The van der Waals surface area contributed by atoms with Gasteiger partial charge in [0, 0.05) is 24.2 Å². The van der Waals surface area contributed by atoms with Crippen LogP contribution in [0.1, 0.15) is 24.8 Å². The summed E-state index contributed by atoms with van der Waals surface area (Å²) in [6, 6.07) is 14.5. The van der Waals surface area contributed by atoms with Gasteiger partial charge in [-0.15, -0.1) is 0 Å². The van der Waals surface area contributed by atoms with Crippen molar-refractivity contribution in [3.8, 4) is 17.2 Å². The predicted octanol–water partition coefficient (Wildman–Crippen LogP) is 6.36. The molecule has 35 heavy (non-hydrogen) atoms. The third-order valence-electron chi connectivity index (χ3n) is 5.56. The predicted molar refractivity (Wildman–Crippen MR) is 131 cm³/mol. The molecule has 1 aromatic heterocycles. The summed E-state index contributed by atoms with van der Waals surface area (Å²) < 4.78 is 30.9. The lowest BCUT2D eigenvalue weighted by atomic mass is 10.1. The second-order valence-electron chi connectivity index (χ2n) is 8.16. The van der Waals surface area contributed by atoms with Crippen LogP contribution < -0.4 is 14.8 Å². The van der Waals surface area contributed by atoms with Gasteiger partial charge in [0.25, 0.3) is 0 Å². The van der Waals surface area contributed by atoms with E-state index in [2.05, 4.69) is 15.3 Å². The fourth-order valence-corrected chi connectivity index (χ4v) is 4.13. The van der Waals surface area contributed by atoms with Crippen LogP contribution in [0.4, 0.5) is 15.9 Å². The lowest BCUT2D eigenvalue weighted by Gasteiger charge is -2.24. The molecular weight excluding hydrogens is 473 g/mol. The molecule has 2 N–H and O–H groups in total. The highest BCUT2D eigenvalue weighted by Gasteiger charge is 2.20. The molecule has 5 rings (SSSR count). The Morgan fingerprint density at radius 2 is 2.00 bits per heavy atom. The number of anilines is 2. The van der Waals surface area contributed by atoms with Gasteiger partial charge in [-0.25, -0.2) is 14.4 Å². The van der Waals surface area contributed by atoms with Crippen molar-refractivity contribution in [3.63, 3.8) is 0 Å². The molecule has 0 aliphatic carbocycles. The summed E-state index contributed by atoms with van der Waals surface area (Å²) >= 11 is 6.45. The highest BCUT2D eigenvalue weighted by Crippen LogP contribution is 2.37. The Bertz CT molecular complexity index is 1350. The zero-order chi connectivity index (χ0) is 24.2. The van der Waals surface area contributed by atoms with E-state index < -0.39 is 6.29 Å². The molecule has 0 bridgehead atoms. The van der Waals surface area contributed by atoms with Gasteiger partial charge in [0.1, 0.15) is 41.8 Å². The third kappa shape index (κ3) is 5.55. The normalized spacial score (nSPS) is 15.7. The Balaban J connectivity index is 1.38. The summed E-state index contributed by atoms with van der Waals surface area (Å²) in [4.78, 5) is 8.67. The van der Waals surface area contributed by atoms with Gasteiger partial charge in [0.15, 0.2) is 6.29 Å². The third-order valence-corrected chi connectivity index (χ3v) is 5.86. The number of halogens is 2. The van der Waals surface area contributed by atoms with E-state index in [0.29, 0.717) is 51.1 Å². The largest absolute Gasteiger partial charge is 0.508 e. The second kappa shape index (κ2) is 10.3. The smallest absolute Gasteiger partial charge is 0.199 e. The van der Waals surface area contributed by atoms with Gasteiger partial charge in [-0.2, -0.15) is 0 Å². The molecular formula is C26H23ClFN3O4. The van der Waals surface area contributed by atoms with E-state index >= 15 is 0 Å². The molecule has 4 aromatic rings. The van der Waals surface area contributed by atoms with Crippen molar-refractivity contribution < 1.29 is 23.7 Å². The summed E-state index contributed by atoms with van der Waals surface area (Å²) in [6.07, 6.45) is 3.78. The summed E-state index contributed by atoms with van der Waals surface area (Å²) in [5.41, 5.74) is 1.89. The lowest BCUT2D eigenvalue weighted by molar-refractivity contribution is -0.105. The van der Waals surface area contributed by atoms with Crippen LogP contribution in [0.2, 0.25) is 5.02 Å². The minimum Gasteiger partial charge on any atom is -0.508 e. The van der Waals surface area contributed by atoms with Crippen LogP contribution in [0.3, 0.4) is 0 Å². The first-order chi connectivity index (χ1) is 17.0. The van der Waals surface area contributed by atoms with Gasteiger partial charge in [-0.3, -0.25) is 0 Å². The van der Waals surface area contributed by atoms with Gasteiger partial charge in [-0.05, 0) is 48.7 Å². The van der Waals surface area contributed by atoms with E-state index in [9.17, 15) is 9.50 Å². The summed E-state index contributed by atoms with van der Waals surface area (Å²) in [5, 5.41) is 14.4. The molecule has 1 aliphatic rings. The topological polar surface area (TPSA) is 85.7 Å². The molecule has 1 aliphatic heterocycles. The minimum absolute atomic E-state index is 0.0378. The number of aromatic nitrogens is 2. The average molecular weight is 496 g/mol. The first kappa shape index (κ1) is 23.1. The number of phenols is 1. The van der Waals surface area contributed by atoms with Gasteiger partial charge in [-0.1, -0.05) is 23.7 Å². The SMILES string of the molecule is Oc1cc(OC2CCCCO2)c2c(Nc3ccc(OCc4cccc(F)c4)c(Cl)c3)ncnc2c1. The number of rotatable bonds is 7. The molecule has 1 unspecified atom stereocenters. The molecule has 0 radical (unpaired) electrons. The van der Waals surface area contributed by atoms with E-state index in [1.165, 1.54) is 24.5 Å². The molecule has 1 saturated heterocycles. The number of hydrogen-bond acceptors (Lipinski definition) is 7. The second-order valence-corrected chi connectivity index (χ2v) is 8.57. The van der Waals surface area contributed by atoms with Gasteiger partial charge < -0.3 is 24.6 Å². The Hall–Kier alpha value is -3.62. The van der Waals surface area contributed by atoms with Gasteiger partial charge in [0.2, 0.25) is 0 Å². The number of phenolic OH excluding ortho intramolecular Hbond substituents is 1. The maximum absolute atomic E-state index is 13.4. The van der Waals surface area contributed by atoms with Crippen molar-refractivity contribution in [3.05, 3.63) is 77.3 Å². The van der Waals surface area contributed by atoms with Crippen molar-refractivity contribution in [2.24, 2.45) is 0 Å². The van der Waals surface area contributed by atoms with Crippen molar-refractivity contribution in [2.45, 2.75) is 32.2 Å². The highest BCUT2D eigenvalue weighted by atomic mass is 35.5. The quantitative estimate of drug-likeness (QED) is 0.308. The van der Waals surface area contributed by atoms with E-state index in [1.807, 2.05) is 0 Å². The number of aromatic hydroxyl groups is 1. The fourth-order valence-electron chi connectivity index (χ4n) is 3.89. The van der Waals surface area contributed by atoms with E-state index in [0.717, 1.165) is 19.3 Å². The molecule has 0 spiro atoms. The first-order valence-corrected chi connectivity index (χ1v) is 11.6. The molecule has 3 aromatic carbocycles. The number of hydrogen-bond donors (Lipinski definition) is 2. The zero-order valence-electron chi connectivity index (χ0n) is 18.7. The van der Waals surface area contributed by atoms with Crippen molar-refractivity contribution in [2.75, 3.05) is 11.9 Å². The summed E-state index contributed by atoms with van der Waals surface area (Å²) in [7, 11) is 0. The summed E-state index contributed by atoms with van der Waals surface area (Å²) in [5.74, 6) is 1.11. The zero-order valence-corrected chi connectivity index (χ0v) is 19.5. The Morgan fingerprint density at radius 3 is 2.80 bits per heavy atom. The fraction of sp³-hybridized carbons (Fsp3) is 0.231. The molecule has 2 heterocycles. The number of ether oxygens (including phenoxy) is 3. The molecule has 9 heteroatoms. The number of nitrogens with one attached hydrogen (secondary N) is 1. The molecule has 1 fully saturated rings. The van der Waals surface area contributed by atoms with E-state index in [-0.39, 0.29) is 18.2 Å². The monoisotopic (exact) mass is 495 g/mol. The molecule has 0 saturated carbocycles. The van der Waals surface area contributed by atoms with Crippen molar-refractivity contribution in [1.29, 1.82) is 0 Å². The minimum atomic E-state index is -0.397. The number of fused-ring (bicyclic) bond motifs is 1. The molecule has 180 valence electrons. The van der Waals surface area contributed by atoms with Gasteiger partial charge >= 0.3 is 0 Å². The lowest BCUT2D eigenvalue weighted by Crippen LogP contribution is -2.25. The Kier molecular flexibility index (Phi) is 6.83. The van der Waals surface area contributed by atoms with Crippen LogP contribution in [0.15, 0.2) is 60.9 Å². The van der Waals surface area contributed by atoms with Crippen molar-refractivity contribution >= 4 is 34.0 Å². The first-order valence-electron chi connectivity index (χ1n) is 11.2. The molecule has 1 atom stereocenters. The maximum Gasteiger partial charge on any atom is 0.199 e. The van der Waals surface area contributed by atoms with Crippen LogP contribution >= 0.6 is 11.6 Å². The van der Waals surface area contributed by atoms with Gasteiger partial charge in [0.05, 0.1) is 22.5 Å². The molecule has 7 nitrogen and oxygen atoms in total. The van der Waals surface area contributed by atoms with Crippen LogP contribution in [-0.4, -0.2) is 28.0 Å². The van der Waals surface area contributed by atoms with Crippen molar-refractivity contribution in [1.82, 2.24) is 9.97 Å². The maximum atomic E-state index is 13.4. The van der Waals surface area contributed by atoms with Crippen LogP contribution in [0.5, 0.6) is 17.2 Å². The molecule has 0 amide bonds. The van der Waals surface area contributed by atoms with Crippen LogP contribution in [-0.2, 0) is 11.3 Å². The number of benzene rings is 3. The standard InChI is InChI=1S/C26H23ClFN3O4/c27-20-11-18(7-8-22(20)34-14-16-4-3-5-17(28)10-16)31-26-25-21(29-15-30-26)12-19(32)13-23(25)35-24-6-1-2-9-33-24/h3-5,7-8,10-13,15,24,32H,1-2,6,9,14H2,(H,29,30,31). The van der Waals surface area contributed by atoms with Crippen LogP contribution in [0.25, 0.3) is 10.9 Å². The Morgan fingerprint density at radius 1 is 1.09 bits per heavy atom. The Labute approximate surface area is 206 Å². The summed E-state index contributed by atoms with van der Waals surface area (Å²) in [6.45, 7) is 0.823.